The number of nitrogens with zero attached hydrogens (tertiary/aromatic N) is 14. The highest BCUT2D eigenvalue weighted by molar-refractivity contribution is 7.86. The first-order valence-electron chi connectivity index (χ1n) is 43.8. The summed E-state index contributed by atoms with van der Waals surface area (Å²) in [6, 6.07) is 36.8. The van der Waals surface area contributed by atoms with Gasteiger partial charge >= 0.3 is 0 Å². The molecule has 0 bridgehead atoms. The van der Waals surface area contributed by atoms with Gasteiger partial charge in [-0.05, 0) is 173 Å². The second-order valence-electron chi connectivity index (χ2n) is 33.8. The lowest BCUT2D eigenvalue weighted by atomic mass is 9.74. The summed E-state index contributed by atoms with van der Waals surface area (Å²) in [5.74, 6) is 10.1. The fourth-order valence-corrected chi connectivity index (χ4v) is 24.4. The van der Waals surface area contributed by atoms with E-state index in [2.05, 4.69) is 107 Å². The minimum Gasteiger partial charge on any atom is -0.448 e. The zero-order chi connectivity index (χ0) is 83.9. The normalized spacial score (nSPS) is 21.9. The molecule has 4 aromatic carbocycles. The van der Waals surface area contributed by atoms with Crippen LogP contribution in [0.4, 0.5) is 57.1 Å². The van der Waals surface area contributed by atoms with Crippen molar-refractivity contribution in [1.29, 1.82) is 5.26 Å². The van der Waals surface area contributed by atoms with E-state index in [9.17, 15) is 26.5 Å². The van der Waals surface area contributed by atoms with Gasteiger partial charge in [-0.3, -0.25) is 16.8 Å². The maximum Gasteiger partial charge on any atom is 0.227 e. The molecule has 0 saturated carbocycles. The molecular weight excluding hydrogens is 1680 g/mol. The molecule has 4 unspecified atom stereocenters. The SMILES string of the molecule is C.C.Cc1coc(C2CCN(c3nc4c(c(NC5CCOCC5)n3)S(=O)CC4)CC2)n1.N#CC1(c2ccccc2)CCN(c2nc3c(c(NC4CCOCC4)n2)S(=O)CC3)CC1.O=S1CCc2nc(N3CCC(C4=CCc5ccccc54)CC3)nc(Nc3cccc(F)c3)c21.O=S1CCc2nc(N3CCC(c4cccc(Cl)c4)CC3)nc(NC3CCOCC3)c21. The summed E-state index contributed by atoms with van der Waals surface area (Å²) in [6.07, 6.45) is 21.3. The molecule has 11 aliphatic heterocycles. The molecule has 16 heterocycles. The van der Waals surface area contributed by atoms with E-state index in [1.165, 1.54) is 34.4 Å². The Morgan fingerprint density at radius 1 is 0.472 bits per heavy atom. The summed E-state index contributed by atoms with van der Waals surface area (Å²) in [6.45, 7) is 13.2. The summed E-state index contributed by atoms with van der Waals surface area (Å²) < 4.78 is 86.1. The second kappa shape index (κ2) is 40.8. The van der Waals surface area contributed by atoms with E-state index in [0.717, 1.165) is 297 Å². The fraction of sp³-hybridized carbons (Fsp3) is 0.505. The minimum absolute atomic E-state index is 0. The molecule has 662 valence electrons. The molecule has 32 heteroatoms. The third-order valence-electron chi connectivity index (χ3n) is 25.9. The van der Waals surface area contributed by atoms with Crippen LogP contribution < -0.4 is 40.9 Å². The summed E-state index contributed by atoms with van der Waals surface area (Å²) in [4.78, 5) is 55.1. The molecule has 125 heavy (non-hydrogen) atoms. The van der Waals surface area contributed by atoms with Gasteiger partial charge in [0.1, 0.15) is 49.1 Å². The van der Waals surface area contributed by atoms with Crippen molar-refractivity contribution in [2.45, 2.75) is 199 Å². The van der Waals surface area contributed by atoms with Gasteiger partial charge in [-0.2, -0.15) is 25.2 Å². The summed E-state index contributed by atoms with van der Waals surface area (Å²) in [5, 5.41) is 24.6. The van der Waals surface area contributed by atoms with Crippen LogP contribution in [0.15, 0.2) is 139 Å². The van der Waals surface area contributed by atoms with Crippen molar-refractivity contribution in [3.05, 3.63) is 183 Å². The number of oxazole rings is 1. The topological polar surface area (TPSA) is 310 Å². The molecule has 7 saturated heterocycles. The van der Waals surface area contributed by atoms with E-state index in [4.69, 9.17) is 70.1 Å². The van der Waals surface area contributed by atoms with Crippen molar-refractivity contribution in [2.24, 2.45) is 5.92 Å². The molecule has 1 aliphatic carbocycles. The van der Waals surface area contributed by atoms with Crippen molar-refractivity contribution in [3.8, 4) is 6.07 Å². The van der Waals surface area contributed by atoms with Gasteiger partial charge in [-0.1, -0.05) is 105 Å². The highest BCUT2D eigenvalue weighted by Gasteiger charge is 2.40. The molecule has 21 rings (SSSR count). The molecule has 0 amide bonds. The Kier molecular flexibility index (Phi) is 29.1. The highest BCUT2D eigenvalue weighted by atomic mass is 35.5. The lowest BCUT2D eigenvalue weighted by Gasteiger charge is -2.38. The number of nitriles is 1. The summed E-state index contributed by atoms with van der Waals surface area (Å²) in [5.41, 5.74) is 11.4. The monoisotopic (exact) mass is 1790 g/mol. The summed E-state index contributed by atoms with van der Waals surface area (Å²) in [7, 11) is -4.21. The number of aromatic nitrogens is 9. The van der Waals surface area contributed by atoms with E-state index in [1.807, 2.05) is 37.3 Å². The standard InChI is InChI=1S/C26H25FN4OS.C23H27N5O2S.C22H27ClN4O2S.C20H27N5O3S.2CH4/c27-19-5-3-6-20(16-19)28-25-24-23(12-15-33(24)32)29-26(30-25)31-13-10-18(11-14-31)22-9-8-17-4-1-2-7-21(17)22;24-16-23(17-4-2-1-3-5-17)9-11-28(12-10-23)22-26-19-8-15-31(29)20(19)21(27-22)25-18-6-13-30-14-7-18;23-17-3-1-2-16(14-17)15-4-9-27(10-5-15)22-25-19-8-13-30(28)20(19)21(26-22)24-18-6-11-29-12-7-18;1-13-12-28-19(21-13)14-2-7-25(8-3-14)20-23-16-6-11-29(26)17(16)18(24-20)22-15-4-9-27-10-5-15;;/h1-7,9,16,18H,8,10-15H2,(H,28,29,30);1-5,18H,6-15H2,(H,25,26,27);1-3,14-15,18H,4-13H2,(H,24,25,26);12,14-15H,2-11H2,1H3,(H,22,23,24);2*1H4. The van der Waals surface area contributed by atoms with E-state index in [1.54, 1.807) is 18.4 Å². The molecule has 4 atom stereocenters. The number of anilines is 9. The summed E-state index contributed by atoms with van der Waals surface area (Å²) >= 11 is 6.18. The molecule has 0 radical (unpaired) electrons. The molecule has 12 aliphatic rings. The molecule has 9 aromatic rings. The number of nitrogens with one attached hydrogen (secondary N) is 4. The van der Waals surface area contributed by atoms with Gasteiger partial charge in [0.25, 0.3) is 0 Å². The van der Waals surface area contributed by atoms with Crippen LogP contribution in [0.25, 0.3) is 5.57 Å². The number of ether oxygens (including phenoxy) is 3. The number of aryl methyl sites for hydroxylation is 5. The minimum atomic E-state index is -1.14. The lowest BCUT2D eigenvalue weighted by Crippen LogP contribution is -2.42. The van der Waals surface area contributed by atoms with Gasteiger partial charge in [0.05, 0.1) is 83.2 Å². The van der Waals surface area contributed by atoms with Crippen molar-refractivity contribution in [2.75, 3.05) is 156 Å². The Morgan fingerprint density at radius 2 is 0.896 bits per heavy atom. The number of benzene rings is 4. The zero-order valence-corrected chi connectivity index (χ0v) is 73.5. The Morgan fingerprint density at radius 3 is 1.34 bits per heavy atom. The number of allylic oxidation sites excluding steroid dienone is 2. The fourth-order valence-electron chi connectivity index (χ4n) is 18.9. The third-order valence-corrected chi connectivity index (χ3v) is 31.9. The van der Waals surface area contributed by atoms with Crippen molar-refractivity contribution >= 4 is 113 Å². The lowest BCUT2D eigenvalue weighted by molar-refractivity contribution is 0.0902. The van der Waals surface area contributed by atoms with E-state index in [-0.39, 0.29) is 26.7 Å². The average Bonchev–Trinajstić information content (AvgIpc) is 1.67. The maximum absolute atomic E-state index is 13.7. The van der Waals surface area contributed by atoms with Gasteiger partial charge in [0.15, 0.2) is 11.7 Å². The quantitative estimate of drug-likeness (QED) is 0.0698. The van der Waals surface area contributed by atoms with Crippen LogP contribution in [0.3, 0.4) is 0 Å². The molecule has 4 N–H and O–H groups in total. The van der Waals surface area contributed by atoms with E-state index < -0.39 is 48.6 Å². The number of hydrogen-bond acceptors (Lipinski definition) is 26. The Labute approximate surface area is 747 Å². The highest BCUT2D eigenvalue weighted by Crippen LogP contribution is 2.44. The van der Waals surface area contributed by atoms with Crippen LogP contribution in [-0.2, 0) is 94.9 Å². The molecule has 7 fully saturated rings. The average molecular weight is 1790 g/mol. The first kappa shape index (κ1) is 89.1. The van der Waals surface area contributed by atoms with Crippen LogP contribution in [0.5, 0.6) is 0 Å². The van der Waals surface area contributed by atoms with Crippen LogP contribution >= 0.6 is 11.6 Å². The first-order valence-corrected chi connectivity index (χ1v) is 49.5. The van der Waals surface area contributed by atoms with Gasteiger partial charge in [-0.25, -0.2) is 29.3 Å². The maximum atomic E-state index is 13.7. The van der Waals surface area contributed by atoms with Crippen molar-refractivity contribution in [3.63, 3.8) is 0 Å². The van der Waals surface area contributed by atoms with Gasteiger partial charge in [-0.15, -0.1) is 0 Å². The number of fused-ring (bicyclic) bond motifs is 5. The first-order chi connectivity index (χ1) is 60.2. The van der Waals surface area contributed by atoms with Crippen LogP contribution in [-0.4, -0.2) is 195 Å². The van der Waals surface area contributed by atoms with E-state index in [0.29, 0.717) is 87.6 Å². The third kappa shape index (κ3) is 20.5. The van der Waals surface area contributed by atoms with Crippen molar-refractivity contribution < 1.29 is 39.9 Å². The van der Waals surface area contributed by atoms with Crippen LogP contribution in [0, 0.1) is 30.0 Å². The molecular formula is C93H114ClFN18O8S4. The molecule has 26 nitrogen and oxygen atoms in total. The van der Waals surface area contributed by atoms with Crippen molar-refractivity contribution in [1.82, 2.24) is 44.9 Å². The van der Waals surface area contributed by atoms with Gasteiger partial charge < -0.3 is 59.5 Å². The van der Waals surface area contributed by atoms with Crippen LogP contribution in [0.2, 0.25) is 5.02 Å². The largest absolute Gasteiger partial charge is 0.448 e. The smallest absolute Gasteiger partial charge is 0.227 e. The Hall–Kier alpha value is -9.26. The van der Waals surface area contributed by atoms with Crippen LogP contribution in [0.1, 0.15) is 173 Å². The Balaban J connectivity index is 0.000000122. The predicted octanol–water partition coefficient (Wildman–Crippen LogP) is 15.1. The zero-order valence-electron chi connectivity index (χ0n) is 69.5. The molecule has 5 aromatic heterocycles. The number of rotatable bonds is 16. The Bertz CT molecular complexity index is 5470. The number of halogens is 2. The second-order valence-corrected chi connectivity index (χ2v) is 40.2. The predicted molar refractivity (Wildman–Crippen MR) is 493 cm³/mol. The number of piperidine rings is 4. The number of hydrogen-bond donors (Lipinski definition) is 4. The van der Waals surface area contributed by atoms with Gasteiger partial charge in [0.2, 0.25) is 23.8 Å². The van der Waals surface area contributed by atoms with E-state index >= 15 is 0 Å². The van der Waals surface area contributed by atoms with Gasteiger partial charge in [0, 0.05) is 175 Å². The molecule has 0 spiro atoms.